The molecule has 9 heteroatoms. The van der Waals surface area contributed by atoms with Crippen molar-refractivity contribution in [3.8, 4) is 0 Å². The first-order chi connectivity index (χ1) is 13.8. The third-order valence-electron chi connectivity index (χ3n) is 4.60. The van der Waals surface area contributed by atoms with Gasteiger partial charge in [-0.2, -0.15) is 0 Å². The molecule has 154 valence electrons. The highest BCUT2D eigenvalue weighted by molar-refractivity contribution is 7.17. The molecular weight excluding hydrogens is 416 g/mol. The van der Waals surface area contributed by atoms with Crippen molar-refractivity contribution in [3.63, 3.8) is 0 Å². The standard InChI is InChI=1S/C20H21ClN2O5S/c1-11(2)28-20(25)17-13-6-4-3-5-7-16(13)29-19(17)22-18(24)14-10-12(21)8-9-15(14)23(26)27/h8-11H,3-7H2,1-2H3,(H,22,24). The summed E-state index contributed by atoms with van der Waals surface area (Å²) in [7, 11) is 0. The molecule has 0 unspecified atom stereocenters. The molecule has 0 atom stereocenters. The number of carbonyl (C=O) groups is 2. The molecule has 1 heterocycles. The number of rotatable bonds is 5. The number of hydrogen-bond acceptors (Lipinski definition) is 6. The van der Waals surface area contributed by atoms with Gasteiger partial charge in [0.25, 0.3) is 11.6 Å². The lowest BCUT2D eigenvalue weighted by atomic mass is 10.1. The Morgan fingerprint density at radius 2 is 1.97 bits per heavy atom. The van der Waals surface area contributed by atoms with Gasteiger partial charge in [0.05, 0.1) is 16.6 Å². The number of hydrogen-bond donors (Lipinski definition) is 1. The van der Waals surface area contributed by atoms with Crippen molar-refractivity contribution in [1.29, 1.82) is 0 Å². The van der Waals surface area contributed by atoms with Gasteiger partial charge in [0.2, 0.25) is 0 Å². The van der Waals surface area contributed by atoms with Gasteiger partial charge >= 0.3 is 5.97 Å². The van der Waals surface area contributed by atoms with Crippen molar-refractivity contribution in [2.24, 2.45) is 0 Å². The van der Waals surface area contributed by atoms with Crippen LogP contribution in [0.2, 0.25) is 5.02 Å². The van der Waals surface area contributed by atoms with Crippen LogP contribution < -0.4 is 5.32 Å². The number of nitrogens with one attached hydrogen (secondary N) is 1. The summed E-state index contributed by atoms with van der Waals surface area (Å²) in [4.78, 5) is 37.3. The average molecular weight is 437 g/mol. The molecular formula is C20H21ClN2O5S. The molecule has 0 aliphatic heterocycles. The zero-order chi connectivity index (χ0) is 21.1. The van der Waals surface area contributed by atoms with Gasteiger partial charge in [-0.1, -0.05) is 18.0 Å². The van der Waals surface area contributed by atoms with E-state index in [2.05, 4.69) is 5.32 Å². The monoisotopic (exact) mass is 436 g/mol. The number of nitro groups is 1. The third-order valence-corrected chi connectivity index (χ3v) is 6.04. The summed E-state index contributed by atoms with van der Waals surface area (Å²) < 4.78 is 5.40. The predicted octanol–water partition coefficient (Wildman–Crippen LogP) is 5.40. The molecule has 1 aliphatic carbocycles. The second-order valence-electron chi connectivity index (χ2n) is 7.10. The molecule has 2 aromatic rings. The van der Waals surface area contributed by atoms with Gasteiger partial charge in [0.1, 0.15) is 10.6 Å². The van der Waals surface area contributed by atoms with E-state index < -0.39 is 16.8 Å². The molecule has 0 saturated heterocycles. The van der Waals surface area contributed by atoms with E-state index >= 15 is 0 Å². The molecule has 1 N–H and O–H groups in total. The number of aryl methyl sites for hydroxylation is 1. The minimum atomic E-state index is -0.686. The van der Waals surface area contributed by atoms with E-state index in [-0.39, 0.29) is 22.4 Å². The van der Waals surface area contributed by atoms with Gasteiger partial charge in [0, 0.05) is 16.0 Å². The number of amides is 1. The van der Waals surface area contributed by atoms with Gasteiger partial charge < -0.3 is 10.1 Å². The van der Waals surface area contributed by atoms with E-state index in [0.717, 1.165) is 42.5 Å². The number of fused-ring (bicyclic) bond motifs is 1. The second kappa shape index (κ2) is 8.92. The molecule has 1 amide bonds. The first-order valence-corrected chi connectivity index (χ1v) is 10.6. The van der Waals surface area contributed by atoms with Gasteiger partial charge in [-0.25, -0.2) is 4.79 Å². The minimum Gasteiger partial charge on any atom is -0.459 e. The minimum absolute atomic E-state index is 0.158. The molecule has 1 aliphatic rings. The Balaban J connectivity index is 2.01. The summed E-state index contributed by atoms with van der Waals surface area (Å²) in [6, 6.07) is 3.80. The number of halogens is 1. The Morgan fingerprint density at radius 3 is 2.66 bits per heavy atom. The Labute approximate surface area is 177 Å². The molecule has 7 nitrogen and oxygen atoms in total. The van der Waals surface area contributed by atoms with Crippen molar-refractivity contribution < 1.29 is 19.2 Å². The van der Waals surface area contributed by atoms with E-state index in [1.807, 2.05) is 0 Å². The first kappa shape index (κ1) is 21.3. The summed E-state index contributed by atoms with van der Waals surface area (Å²) in [6.45, 7) is 3.52. The predicted molar refractivity (Wildman–Crippen MR) is 112 cm³/mol. The smallest absolute Gasteiger partial charge is 0.341 e. The lowest BCUT2D eigenvalue weighted by Gasteiger charge is -2.11. The summed E-state index contributed by atoms with van der Waals surface area (Å²) in [5.41, 5.74) is 0.762. The normalized spacial score (nSPS) is 13.5. The summed E-state index contributed by atoms with van der Waals surface area (Å²) >= 11 is 7.27. The highest BCUT2D eigenvalue weighted by Gasteiger charge is 2.29. The van der Waals surface area contributed by atoms with Crippen molar-refractivity contribution in [1.82, 2.24) is 0 Å². The van der Waals surface area contributed by atoms with Crippen LogP contribution >= 0.6 is 22.9 Å². The summed E-state index contributed by atoms with van der Waals surface area (Å²) in [5, 5.41) is 14.6. The van der Waals surface area contributed by atoms with Crippen molar-refractivity contribution in [2.45, 2.75) is 52.1 Å². The van der Waals surface area contributed by atoms with E-state index in [1.54, 1.807) is 13.8 Å². The van der Waals surface area contributed by atoms with Gasteiger partial charge in [-0.15, -0.1) is 11.3 Å². The highest BCUT2D eigenvalue weighted by Crippen LogP contribution is 2.38. The van der Waals surface area contributed by atoms with E-state index in [1.165, 1.54) is 29.5 Å². The zero-order valence-corrected chi connectivity index (χ0v) is 17.7. The van der Waals surface area contributed by atoms with Crippen molar-refractivity contribution in [2.75, 3.05) is 5.32 Å². The number of benzene rings is 1. The molecule has 0 spiro atoms. The SMILES string of the molecule is CC(C)OC(=O)c1c(NC(=O)c2cc(Cl)ccc2[N+](=O)[O-])sc2c1CCCCC2. The van der Waals surface area contributed by atoms with Gasteiger partial charge in [-0.3, -0.25) is 14.9 Å². The molecule has 0 saturated carbocycles. The van der Waals surface area contributed by atoms with Crippen molar-refractivity contribution in [3.05, 3.63) is 54.9 Å². The number of esters is 1. The molecule has 0 bridgehead atoms. The fourth-order valence-corrected chi connectivity index (χ4v) is 4.78. The molecule has 0 radical (unpaired) electrons. The quantitative estimate of drug-likeness (QED) is 0.293. The first-order valence-electron chi connectivity index (χ1n) is 9.38. The van der Waals surface area contributed by atoms with Crippen LogP contribution in [0.1, 0.15) is 64.3 Å². The lowest BCUT2D eigenvalue weighted by Crippen LogP contribution is -2.18. The number of carbonyl (C=O) groups excluding carboxylic acids is 2. The average Bonchev–Trinajstić information content (AvgIpc) is 2.81. The maximum absolute atomic E-state index is 12.8. The van der Waals surface area contributed by atoms with E-state index in [9.17, 15) is 19.7 Å². The Morgan fingerprint density at radius 1 is 1.24 bits per heavy atom. The number of ether oxygens (including phenoxy) is 1. The highest BCUT2D eigenvalue weighted by atomic mass is 35.5. The largest absolute Gasteiger partial charge is 0.459 e. The van der Waals surface area contributed by atoms with Crippen molar-refractivity contribution >= 4 is 45.5 Å². The Hall–Kier alpha value is -2.45. The van der Waals surface area contributed by atoms with Crippen LogP contribution in [0.4, 0.5) is 10.7 Å². The van der Waals surface area contributed by atoms with E-state index in [4.69, 9.17) is 16.3 Å². The van der Waals surface area contributed by atoms with Gasteiger partial charge in [-0.05, 0) is 57.2 Å². The summed E-state index contributed by atoms with van der Waals surface area (Å²) in [5.74, 6) is -1.18. The molecule has 29 heavy (non-hydrogen) atoms. The zero-order valence-electron chi connectivity index (χ0n) is 16.1. The number of anilines is 1. The Bertz CT molecular complexity index is 970. The maximum Gasteiger partial charge on any atom is 0.341 e. The molecule has 1 aromatic heterocycles. The second-order valence-corrected chi connectivity index (χ2v) is 8.64. The van der Waals surface area contributed by atoms with Crippen LogP contribution in [0, 0.1) is 10.1 Å². The fourth-order valence-electron chi connectivity index (χ4n) is 3.34. The van der Waals surface area contributed by atoms with Crippen LogP contribution in [0.25, 0.3) is 0 Å². The maximum atomic E-state index is 12.8. The van der Waals surface area contributed by atoms with Crippen LogP contribution in [0.5, 0.6) is 0 Å². The molecule has 0 fully saturated rings. The number of thiophene rings is 1. The van der Waals surface area contributed by atoms with Crippen LogP contribution in [-0.2, 0) is 17.6 Å². The Kier molecular flexibility index (Phi) is 6.54. The van der Waals surface area contributed by atoms with Crippen LogP contribution in [0.15, 0.2) is 18.2 Å². The third kappa shape index (κ3) is 4.76. The lowest BCUT2D eigenvalue weighted by molar-refractivity contribution is -0.385. The fraction of sp³-hybridized carbons (Fsp3) is 0.400. The molecule has 1 aromatic carbocycles. The van der Waals surface area contributed by atoms with Gasteiger partial charge in [0.15, 0.2) is 0 Å². The van der Waals surface area contributed by atoms with Crippen LogP contribution in [0.3, 0.4) is 0 Å². The van der Waals surface area contributed by atoms with E-state index in [0.29, 0.717) is 10.6 Å². The van der Waals surface area contributed by atoms with Crippen LogP contribution in [-0.4, -0.2) is 22.9 Å². The summed E-state index contributed by atoms with van der Waals surface area (Å²) in [6.07, 6.45) is 4.31. The number of nitrogens with zero attached hydrogens (tertiary/aromatic N) is 1. The molecule has 3 rings (SSSR count). The topological polar surface area (TPSA) is 98.5 Å². The number of nitro benzene ring substituents is 1.